The molecule has 3 N–H and O–H groups in total. The van der Waals surface area contributed by atoms with Crippen LogP contribution in [-0.4, -0.2) is 33.9 Å². The number of benzene rings is 3. The molecule has 3 aromatic carbocycles. The monoisotopic (exact) mass is 467 g/mol. The average Bonchev–Trinajstić information content (AvgIpc) is 2.84. The summed E-state index contributed by atoms with van der Waals surface area (Å²) < 4.78 is 0. The lowest BCUT2D eigenvalue weighted by Gasteiger charge is -2.17. The van der Waals surface area contributed by atoms with E-state index in [1.54, 1.807) is 36.5 Å². The van der Waals surface area contributed by atoms with Gasteiger partial charge in [-0.25, -0.2) is 4.79 Å². The van der Waals surface area contributed by atoms with E-state index in [0.29, 0.717) is 22.4 Å². The lowest BCUT2D eigenvalue weighted by molar-refractivity contribution is -0.139. The number of aromatic nitrogens is 1. The van der Waals surface area contributed by atoms with Gasteiger partial charge in [-0.15, -0.1) is 0 Å². The topological polar surface area (TPSA) is 108 Å². The van der Waals surface area contributed by atoms with Gasteiger partial charge >= 0.3 is 5.97 Å². The Labute approximate surface area is 202 Å². The van der Waals surface area contributed by atoms with Gasteiger partial charge in [0.1, 0.15) is 6.04 Å². The van der Waals surface area contributed by atoms with Gasteiger partial charge in [0.15, 0.2) is 0 Å². The zero-order chi connectivity index (χ0) is 24.9. The molecule has 4 rings (SSSR count). The molecule has 0 aliphatic heterocycles. The largest absolute Gasteiger partial charge is 0.480 e. The second kappa shape index (κ2) is 10.2. The van der Waals surface area contributed by atoms with Gasteiger partial charge in [0.05, 0.1) is 11.1 Å². The maximum atomic E-state index is 12.8. The molecule has 0 aliphatic carbocycles. The van der Waals surface area contributed by atoms with Gasteiger partial charge < -0.3 is 15.7 Å². The van der Waals surface area contributed by atoms with E-state index in [2.05, 4.69) is 15.6 Å². The van der Waals surface area contributed by atoms with Crippen molar-refractivity contribution in [1.82, 2.24) is 10.3 Å². The van der Waals surface area contributed by atoms with Crippen LogP contribution in [0.5, 0.6) is 0 Å². The molecule has 0 unspecified atom stereocenters. The Hall–Kier alpha value is -4.52. The van der Waals surface area contributed by atoms with E-state index in [1.807, 2.05) is 56.3 Å². The van der Waals surface area contributed by atoms with Crippen molar-refractivity contribution in [3.63, 3.8) is 0 Å². The molecule has 0 saturated carbocycles. The summed E-state index contributed by atoms with van der Waals surface area (Å²) in [5.41, 5.74) is 4.60. The first-order valence-corrected chi connectivity index (χ1v) is 11.2. The maximum absolute atomic E-state index is 12.8. The third-order valence-electron chi connectivity index (χ3n) is 5.86. The Morgan fingerprint density at radius 1 is 0.857 bits per heavy atom. The van der Waals surface area contributed by atoms with Gasteiger partial charge in [-0.3, -0.25) is 14.6 Å². The van der Waals surface area contributed by atoms with Crippen LogP contribution >= 0.6 is 0 Å². The van der Waals surface area contributed by atoms with Crippen molar-refractivity contribution in [2.24, 2.45) is 0 Å². The molecule has 176 valence electrons. The van der Waals surface area contributed by atoms with E-state index in [0.717, 1.165) is 22.0 Å². The van der Waals surface area contributed by atoms with Crippen LogP contribution < -0.4 is 10.6 Å². The van der Waals surface area contributed by atoms with Crippen LogP contribution in [0.2, 0.25) is 0 Å². The number of carbonyl (C=O) groups excluding carboxylic acids is 2. The number of nitrogens with one attached hydrogen (secondary N) is 2. The van der Waals surface area contributed by atoms with Crippen LogP contribution in [0.25, 0.3) is 10.9 Å². The maximum Gasteiger partial charge on any atom is 0.326 e. The Kier molecular flexibility index (Phi) is 6.87. The van der Waals surface area contributed by atoms with Crippen LogP contribution in [0.15, 0.2) is 79.0 Å². The molecule has 7 nitrogen and oxygen atoms in total. The number of hydrogen-bond donors (Lipinski definition) is 3. The molecular weight excluding hydrogens is 442 g/mol. The van der Waals surface area contributed by atoms with Crippen molar-refractivity contribution < 1.29 is 19.5 Å². The summed E-state index contributed by atoms with van der Waals surface area (Å²) in [6, 6.07) is 20.4. The van der Waals surface area contributed by atoms with Gasteiger partial charge in [0.2, 0.25) is 0 Å². The zero-order valence-electron chi connectivity index (χ0n) is 19.4. The van der Waals surface area contributed by atoms with Gasteiger partial charge in [0.25, 0.3) is 11.8 Å². The van der Waals surface area contributed by atoms with Crippen LogP contribution in [0.4, 0.5) is 5.69 Å². The van der Waals surface area contributed by atoms with Crippen molar-refractivity contribution in [2.45, 2.75) is 26.3 Å². The Bertz CT molecular complexity index is 1390. The van der Waals surface area contributed by atoms with Gasteiger partial charge in [-0.1, -0.05) is 48.5 Å². The highest BCUT2D eigenvalue weighted by Crippen LogP contribution is 2.19. The van der Waals surface area contributed by atoms with Crippen LogP contribution in [0, 0.1) is 13.8 Å². The standard InChI is InChI=1S/C28H25N3O4/c1-17-6-5-7-18(2)25(17)27(33)31-24(28(34)35)16-19-10-12-20(13-11-19)30-26(32)22-14-15-29-23-9-4-3-8-21(22)23/h3-15,24H,16H2,1-2H3,(H,30,32)(H,31,33)(H,34,35)/t24-/m0/s1. The molecule has 7 heteroatoms. The molecule has 0 aliphatic rings. The Balaban J connectivity index is 1.45. The molecule has 1 aromatic heterocycles. The molecule has 4 aromatic rings. The number of aryl methyl sites for hydroxylation is 2. The first kappa shape index (κ1) is 23.6. The summed E-state index contributed by atoms with van der Waals surface area (Å²) in [7, 11) is 0. The number of amides is 2. The number of fused-ring (bicyclic) bond motifs is 1. The van der Waals surface area contributed by atoms with Crippen molar-refractivity contribution in [1.29, 1.82) is 0 Å². The molecule has 1 atom stereocenters. The first-order valence-electron chi connectivity index (χ1n) is 11.2. The van der Waals surface area contributed by atoms with E-state index in [-0.39, 0.29) is 12.3 Å². The summed E-state index contributed by atoms with van der Waals surface area (Å²) in [5.74, 6) is -1.80. The summed E-state index contributed by atoms with van der Waals surface area (Å²) in [6.07, 6.45) is 1.70. The highest BCUT2D eigenvalue weighted by atomic mass is 16.4. The van der Waals surface area contributed by atoms with Crippen LogP contribution in [0.1, 0.15) is 37.4 Å². The van der Waals surface area contributed by atoms with Crippen molar-refractivity contribution >= 4 is 34.4 Å². The number of nitrogens with zero attached hydrogens (tertiary/aromatic N) is 1. The molecule has 2 amide bonds. The molecule has 35 heavy (non-hydrogen) atoms. The number of hydrogen-bond acceptors (Lipinski definition) is 4. The molecule has 0 saturated heterocycles. The summed E-state index contributed by atoms with van der Waals surface area (Å²) >= 11 is 0. The number of rotatable bonds is 7. The van der Waals surface area contributed by atoms with E-state index in [9.17, 15) is 19.5 Å². The smallest absolute Gasteiger partial charge is 0.326 e. The van der Waals surface area contributed by atoms with Crippen LogP contribution in [0.3, 0.4) is 0 Å². The number of carboxylic acid groups (broad SMARTS) is 1. The summed E-state index contributed by atoms with van der Waals surface area (Å²) in [4.78, 5) is 41.7. The fourth-order valence-electron chi connectivity index (χ4n) is 4.06. The third kappa shape index (κ3) is 5.35. The highest BCUT2D eigenvalue weighted by molar-refractivity contribution is 6.12. The molecule has 1 heterocycles. The number of anilines is 1. The fourth-order valence-corrected chi connectivity index (χ4v) is 4.06. The van der Waals surface area contributed by atoms with Crippen molar-refractivity contribution in [3.8, 4) is 0 Å². The minimum atomic E-state index is -1.12. The van der Waals surface area contributed by atoms with E-state index >= 15 is 0 Å². The molecular formula is C28H25N3O4. The van der Waals surface area contributed by atoms with Gasteiger partial charge in [-0.2, -0.15) is 0 Å². The fraction of sp³-hybridized carbons (Fsp3) is 0.143. The predicted molar refractivity (Wildman–Crippen MR) is 135 cm³/mol. The number of aliphatic carboxylic acids is 1. The Morgan fingerprint density at radius 3 is 2.23 bits per heavy atom. The number of pyridine rings is 1. The second-order valence-corrected chi connectivity index (χ2v) is 8.36. The van der Waals surface area contributed by atoms with Crippen molar-refractivity contribution in [2.75, 3.05) is 5.32 Å². The highest BCUT2D eigenvalue weighted by Gasteiger charge is 2.23. The summed E-state index contributed by atoms with van der Waals surface area (Å²) in [5, 5.41) is 15.9. The lowest BCUT2D eigenvalue weighted by Crippen LogP contribution is -2.42. The lowest BCUT2D eigenvalue weighted by atomic mass is 10.0. The minimum absolute atomic E-state index is 0.106. The van der Waals surface area contributed by atoms with E-state index in [1.165, 1.54) is 0 Å². The van der Waals surface area contributed by atoms with Gasteiger partial charge in [0, 0.05) is 29.3 Å². The van der Waals surface area contributed by atoms with Gasteiger partial charge in [-0.05, 0) is 54.8 Å². The quantitative estimate of drug-likeness (QED) is 0.370. The SMILES string of the molecule is Cc1cccc(C)c1C(=O)N[C@@H](Cc1ccc(NC(=O)c2ccnc3ccccc23)cc1)C(=O)O. The third-order valence-corrected chi connectivity index (χ3v) is 5.86. The molecule has 0 spiro atoms. The predicted octanol–water partition coefficient (Wildman–Crippen LogP) is 4.53. The summed E-state index contributed by atoms with van der Waals surface area (Å²) in [6.45, 7) is 3.64. The van der Waals surface area contributed by atoms with Crippen LogP contribution in [-0.2, 0) is 11.2 Å². The molecule has 0 radical (unpaired) electrons. The zero-order valence-corrected chi connectivity index (χ0v) is 19.4. The number of para-hydroxylation sites is 1. The number of carbonyl (C=O) groups is 3. The van der Waals surface area contributed by atoms with Crippen molar-refractivity contribution in [3.05, 3.63) is 107 Å². The average molecular weight is 468 g/mol. The minimum Gasteiger partial charge on any atom is -0.480 e. The molecule has 0 bridgehead atoms. The van der Waals surface area contributed by atoms with E-state index in [4.69, 9.17) is 0 Å². The Morgan fingerprint density at radius 2 is 1.54 bits per heavy atom. The normalized spacial score (nSPS) is 11.6. The first-order chi connectivity index (χ1) is 16.8. The van der Waals surface area contributed by atoms with E-state index < -0.39 is 17.9 Å². The second-order valence-electron chi connectivity index (χ2n) is 8.36. The molecule has 0 fully saturated rings. The number of carboxylic acids is 1.